The number of nitrogens with zero attached hydrogens (tertiary/aromatic N) is 1. The molecule has 2 rings (SSSR count). The summed E-state index contributed by atoms with van der Waals surface area (Å²) in [5, 5.41) is 6.69. The highest BCUT2D eigenvalue weighted by molar-refractivity contribution is 14.0. The molecule has 0 spiro atoms. The molecule has 30 heavy (non-hydrogen) atoms. The Balaban J connectivity index is 0.00000450. The summed E-state index contributed by atoms with van der Waals surface area (Å²) in [5.41, 5.74) is 2.27. The molecule has 1 fully saturated rings. The lowest BCUT2D eigenvalue weighted by Gasteiger charge is -2.16. The van der Waals surface area contributed by atoms with Crippen LogP contribution in [0, 0.1) is 12.8 Å². The molecule has 1 aliphatic rings. The van der Waals surface area contributed by atoms with Crippen molar-refractivity contribution in [1.82, 2.24) is 10.6 Å². The molecule has 1 unspecified atom stereocenters. The molecule has 1 aliphatic heterocycles. The predicted octanol–water partition coefficient (Wildman–Crippen LogP) is 3.14. The molecule has 7 nitrogen and oxygen atoms in total. The molecule has 0 aliphatic carbocycles. The molecule has 0 saturated carbocycles. The van der Waals surface area contributed by atoms with Crippen molar-refractivity contribution in [2.45, 2.75) is 33.2 Å². The van der Waals surface area contributed by atoms with Crippen LogP contribution in [0.4, 0.5) is 0 Å². The molecular weight excluding hydrogens is 497 g/mol. The zero-order valence-electron chi connectivity index (χ0n) is 18.6. The van der Waals surface area contributed by atoms with Crippen LogP contribution in [0.5, 0.6) is 5.75 Å². The summed E-state index contributed by atoms with van der Waals surface area (Å²) in [6, 6.07) is 6.24. The van der Waals surface area contributed by atoms with Crippen molar-refractivity contribution in [3.63, 3.8) is 0 Å². The molecule has 0 amide bonds. The summed E-state index contributed by atoms with van der Waals surface area (Å²) in [4.78, 5) is 4.29. The molecule has 0 aromatic heterocycles. The van der Waals surface area contributed by atoms with Gasteiger partial charge >= 0.3 is 0 Å². The van der Waals surface area contributed by atoms with E-state index in [9.17, 15) is 0 Å². The van der Waals surface area contributed by atoms with E-state index in [1.165, 1.54) is 5.56 Å². The number of nitrogens with one attached hydrogen (secondary N) is 2. The lowest BCUT2D eigenvalue weighted by molar-refractivity contribution is 0.0888. The predicted molar refractivity (Wildman–Crippen MR) is 131 cm³/mol. The summed E-state index contributed by atoms with van der Waals surface area (Å²) >= 11 is 0. The fourth-order valence-corrected chi connectivity index (χ4v) is 3.04. The summed E-state index contributed by atoms with van der Waals surface area (Å²) in [7, 11) is 1.78. The summed E-state index contributed by atoms with van der Waals surface area (Å²) in [6.45, 7) is 10.6. The van der Waals surface area contributed by atoms with Crippen LogP contribution >= 0.6 is 24.0 Å². The SMILES string of the molecule is CCOCCOc1cc(C)ccc1CNC(=NC)NCCCOCC1CCOC1.I. The first-order valence-electron chi connectivity index (χ1n) is 10.6. The second kappa shape index (κ2) is 16.6. The normalized spacial score (nSPS) is 16.2. The Hall–Kier alpha value is -1.10. The van der Waals surface area contributed by atoms with Crippen LogP contribution in [0.2, 0.25) is 0 Å². The number of guanidine groups is 1. The minimum atomic E-state index is 0. The Kier molecular flexibility index (Phi) is 14.9. The molecule has 0 radical (unpaired) electrons. The van der Waals surface area contributed by atoms with Gasteiger partial charge in [-0.25, -0.2) is 0 Å². The number of halogens is 1. The molecule has 1 aromatic rings. The van der Waals surface area contributed by atoms with Gasteiger partial charge in [0.05, 0.1) is 19.8 Å². The number of hydrogen-bond acceptors (Lipinski definition) is 5. The Bertz CT molecular complexity index is 610. The minimum absolute atomic E-state index is 0. The molecule has 1 heterocycles. The zero-order valence-corrected chi connectivity index (χ0v) is 20.9. The molecule has 1 saturated heterocycles. The van der Waals surface area contributed by atoms with Gasteiger partial charge in [-0.1, -0.05) is 12.1 Å². The minimum Gasteiger partial charge on any atom is -0.491 e. The smallest absolute Gasteiger partial charge is 0.191 e. The molecule has 1 aromatic carbocycles. The third kappa shape index (κ3) is 10.8. The van der Waals surface area contributed by atoms with Gasteiger partial charge in [-0.05, 0) is 38.3 Å². The van der Waals surface area contributed by atoms with Gasteiger partial charge in [0.15, 0.2) is 5.96 Å². The number of rotatable bonds is 13. The van der Waals surface area contributed by atoms with E-state index in [0.717, 1.165) is 63.1 Å². The first kappa shape index (κ1) is 26.9. The van der Waals surface area contributed by atoms with Crippen molar-refractivity contribution in [3.05, 3.63) is 29.3 Å². The maximum absolute atomic E-state index is 5.90. The van der Waals surface area contributed by atoms with Crippen molar-refractivity contribution in [3.8, 4) is 5.75 Å². The first-order valence-corrected chi connectivity index (χ1v) is 10.6. The zero-order chi connectivity index (χ0) is 20.7. The topological polar surface area (TPSA) is 73.3 Å². The second-order valence-corrected chi connectivity index (χ2v) is 7.17. The number of aryl methyl sites for hydroxylation is 1. The number of hydrogen-bond donors (Lipinski definition) is 2. The van der Waals surface area contributed by atoms with Crippen molar-refractivity contribution in [1.29, 1.82) is 0 Å². The molecular formula is C22H38IN3O4. The van der Waals surface area contributed by atoms with Crippen LogP contribution in [-0.4, -0.2) is 65.8 Å². The van der Waals surface area contributed by atoms with Gasteiger partial charge in [0, 0.05) is 51.4 Å². The van der Waals surface area contributed by atoms with E-state index in [2.05, 4.69) is 40.7 Å². The third-order valence-corrected chi connectivity index (χ3v) is 4.72. The van der Waals surface area contributed by atoms with E-state index in [-0.39, 0.29) is 24.0 Å². The van der Waals surface area contributed by atoms with Gasteiger partial charge in [0.25, 0.3) is 0 Å². The maximum atomic E-state index is 5.90. The fraction of sp³-hybridized carbons (Fsp3) is 0.682. The average Bonchev–Trinajstić information content (AvgIpc) is 3.24. The largest absolute Gasteiger partial charge is 0.491 e. The van der Waals surface area contributed by atoms with Crippen molar-refractivity contribution in [2.24, 2.45) is 10.9 Å². The van der Waals surface area contributed by atoms with Crippen molar-refractivity contribution < 1.29 is 18.9 Å². The van der Waals surface area contributed by atoms with Crippen LogP contribution in [0.3, 0.4) is 0 Å². The van der Waals surface area contributed by atoms with Gasteiger partial charge in [-0.2, -0.15) is 0 Å². The fourth-order valence-electron chi connectivity index (χ4n) is 3.04. The maximum Gasteiger partial charge on any atom is 0.191 e. The number of ether oxygens (including phenoxy) is 4. The van der Waals surface area contributed by atoms with E-state index in [4.69, 9.17) is 18.9 Å². The number of benzene rings is 1. The van der Waals surface area contributed by atoms with E-state index in [0.29, 0.717) is 32.3 Å². The van der Waals surface area contributed by atoms with Crippen LogP contribution in [0.25, 0.3) is 0 Å². The van der Waals surface area contributed by atoms with Gasteiger partial charge in [-0.3, -0.25) is 4.99 Å². The Labute approximate surface area is 198 Å². The van der Waals surface area contributed by atoms with Crippen molar-refractivity contribution in [2.75, 3.05) is 59.8 Å². The Morgan fingerprint density at radius 2 is 2.07 bits per heavy atom. The standard InChI is InChI=1S/C22H37N3O4.HI/c1-4-26-12-13-29-21-14-18(2)6-7-20(21)15-25-22(23-3)24-9-5-10-27-16-19-8-11-28-17-19;/h6-7,14,19H,4-5,8-13,15-17H2,1-3H3,(H2,23,24,25);1H. The average molecular weight is 535 g/mol. The summed E-state index contributed by atoms with van der Waals surface area (Å²) in [6.07, 6.45) is 2.05. The highest BCUT2D eigenvalue weighted by Gasteiger charge is 2.15. The van der Waals surface area contributed by atoms with Gasteiger partial charge in [-0.15, -0.1) is 24.0 Å². The third-order valence-electron chi connectivity index (χ3n) is 4.72. The highest BCUT2D eigenvalue weighted by Crippen LogP contribution is 2.20. The van der Waals surface area contributed by atoms with Crippen LogP contribution in [0.15, 0.2) is 23.2 Å². The van der Waals surface area contributed by atoms with Gasteiger partial charge in [0.2, 0.25) is 0 Å². The van der Waals surface area contributed by atoms with E-state index < -0.39 is 0 Å². The summed E-state index contributed by atoms with van der Waals surface area (Å²) < 4.78 is 22.4. The van der Waals surface area contributed by atoms with E-state index in [1.807, 2.05) is 6.92 Å². The lowest BCUT2D eigenvalue weighted by atomic mass is 10.1. The van der Waals surface area contributed by atoms with Crippen molar-refractivity contribution >= 4 is 29.9 Å². The first-order chi connectivity index (χ1) is 14.2. The van der Waals surface area contributed by atoms with Gasteiger partial charge < -0.3 is 29.6 Å². The molecule has 1 atom stereocenters. The van der Waals surface area contributed by atoms with E-state index >= 15 is 0 Å². The molecule has 8 heteroatoms. The van der Waals surface area contributed by atoms with Crippen LogP contribution in [-0.2, 0) is 20.8 Å². The van der Waals surface area contributed by atoms with E-state index in [1.54, 1.807) is 7.05 Å². The quantitative estimate of drug-likeness (QED) is 0.175. The molecule has 0 bridgehead atoms. The van der Waals surface area contributed by atoms with Crippen LogP contribution in [0.1, 0.15) is 30.9 Å². The second-order valence-electron chi connectivity index (χ2n) is 7.17. The monoisotopic (exact) mass is 535 g/mol. The van der Waals surface area contributed by atoms with Gasteiger partial charge in [0.1, 0.15) is 12.4 Å². The number of aliphatic imine (C=N–C) groups is 1. The Morgan fingerprint density at radius 3 is 2.80 bits per heavy atom. The summed E-state index contributed by atoms with van der Waals surface area (Å²) in [5.74, 6) is 2.23. The highest BCUT2D eigenvalue weighted by atomic mass is 127. The van der Waals surface area contributed by atoms with Crippen LogP contribution < -0.4 is 15.4 Å². The molecule has 2 N–H and O–H groups in total. The Morgan fingerprint density at radius 1 is 1.20 bits per heavy atom. The lowest BCUT2D eigenvalue weighted by Crippen LogP contribution is -2.37. The molecule has 172 valence electrons.